The number of methoxy groups -OCH3 is 1. The number of amides is 1. The summed E-state index contributed by atoms with van der Waals surface area (Å²) in [5.41, 5.74) is 1.00. The summed E-state index contributed by atoms with van der Waals surface area (Å²) < 4.78 is 24.7. The normalized spacial score (nSPS) is 18.1. The smallest absolute Gasteiger partial charge is 0.294 e. The lowest BCUT2D eigenvalue weighted by molar-refractivity contribution is -0.756. The van der Waals surface area contributed by atoms with E-state index in [0.29, 0.717) is 37.6 Å². The van der Waals surface area contributed by atoms with Crippen LogP contribution in [0.25, 0.3) is 0 Å². The number of rotatable bonds is 9. The van der Waals surface area contributed by atoms with Crippen molar-refractivity contribution in [1.29, 1.82) is 0 Å². The van der Waals surface area contributed by atoms with Gasteiger partial charge in [0.2, 0.25) is 0 Å². The fourth-order valence-electron chi connectivity index (χ4n) is 3.74. The van der Waals surface area contributed by atoms with Crippen molar-refractivity contribution in [3.8, 4) is 11.5 Å². The fourth-order valence-corrected chi connectivity index (χ4v) is 4.42. The molecule has 8 nitrogen and oxygen atoms in total. The first kappa shape index (κ1) is 23.6. The van der Waals surface area contributed by atoms with Crippen LogP contribution in [0, 0.1) is 21.8 Å². The average Bonchev–Trinajstić information content (AvgIpc) is 2.81. The second-order valence-corrected chi connectivity index (χ2v) is 8.36. The van der Waals surface area contributed by atoms with E-state index in [1.54, 1.807) is 30.2 Å². The Balaban J connectivity index is 1.66. The van der Waals surface area contributed by atoms with E-state index in [9.17, 15) is 19.3 Å². The predicted octanol–water partition coefficient (Wildman–Crippen LogP) is 4.38. The largest absolute Gasteiger partial charge is 0.497 e. The van der Waals surface area contributed by atoms with Gasteiger partial charge in [-0.15, -0.1) is 10.1 Å². The van der Waals surface area contributed by atoms with E-state index in [4.69, 9.17) is 9.47 Å². The Morgan fingerprint density at radius 2 is 2.00 bits per heavy atom. The van der Waals surface area contributed by atoms with Crippen LogP contribution in [-0.2, 0) is 4.84 Å². The van der Waals surface area contributed by atoms with Crippen LogP contribution in [0.3, 0.4) is 0 Å². The summed E-state index contributed by atoms with van der Waals surface area (Å²) in [7, 11) is 1.59. The standard InChI is InChI=1S/C22H25FN2O6S/c1-29-19-3-2-4-20(13-19)30-15-17-14-24(22(26)32-12-11-31-25(27)28)10-9-21(17)16-5-7-18(23)8-6-16/h2-8,13,17,21H,9-12,14-15H2,1H3/t17-,21-/m0/s1. The van der Waals surface area contributed by atoms with Crippen LogP contribution in [0.5, 0.6) is 11.5 Å². The van der Waals surface area contributed by atoms with E-state index in [-0.39, 0.29) is 35.3 Å². The molecule has 2 atom stereocenters. The van der Waals surface area contributed by atoms with Gasteiger partial charge >= 0.3 is 0 Å². The van der Waals surface area contributed by atoms with Gasteiger partial charge in [-0.25, -0.2) is 4.39 Å². The number of likely N-dealkylation sites (tertiary alicyclic amines) is 1. The van der Waals surface area contributed by atoms with Gasteiger partial charge in [0.05, 0.1) is 13.7 Å². The van der Waals surface area contributed by atoms with Crippen molar-refractivity contribution in [3.63, 3.8) is 0 Å². The van der Waals surface area contributed by atoms with Gasteiger partial charge < -0.3 is 19.2 Å². The van der Waals surface area contributed by atoms with Crippen molar-refractivity contribution in [2.24, 2.45) is 5.92 Å². The number of hydrogen-bond donors (Lipinski definition) is 0. The maximum Gasteiger partial charge on any atom is 0.294 e. The monoisotopic (exact) mass is 464 g/mol. The lowest BCUT2D eigenvalue weighted by Crippen LogP contribution is -2.43. The van der Waals surface area contributed by atoms with Crippen LogP contribution in [0.4, 0.5) is 9.18 Å². The Morgan fingerprint density at radius 1 is 1.25 bits per heavy atom. The molecule has 172 valence electrons. The molecule has 1 fully saturated rings. The summed E-state index contributed by atoms with van der Waals surface area (Å²) in [6, 6.07) is 13.7. The van der Waals surface area contributed by atoms with E-state index >= 15 is 0 Å². The van der Waals surface area contributed by atoms with Gasteiger partial charge in [-0.1, -0.05) is 30.0 Å². The molecular formula is C22H25FN2O6S. The zero-order valence-corrected chi connectivity index (χ0v) is 18.5. The quantitative estimate of drug-likeness (QED) is 0.309. The van der Waals surface area contributed by atoms with E-state index in [1.165, 1.54) is 12.1 Å². The molecule has 10 heteroatoms. The Kier molecular flexibility index (Phi) is 8.55. The summed E-state index contributed by atoms with van der Waals surface area (Å²) in [6.45, 7) is 1.24. The fraction of sp³-hybridized carbons (Fsp3) is 0.409. The number of benzene rings is 2. The highest BCUT2D eigenvalue weighted by Gasteiger charge is 2.33. The molecule has 1 amide bonds. The molecule has 1 heterocycles. The summed E-state index contributed by atoms with van der Waals surface area (Å²) in [5.74, 6) is 1.35. The highest BCUT2D eigenvalue weighted by molar-refractivity contribution is 8.13. The predicted molar refractivity (Wildman–Crippen MR) is 118 cm³/mol. The summed E-state index contributed by atoms with van der Waals surface area (Å²) in [6.07, 6.45) is 0.704. The Labute approximate surface area is 189 Å². The summed E-state index contributed by atoms with van der Waals surface area (Å²) >= 11 is 0.996. The lowest BCUT2D eigenvalue weighted by Gasteiger charge is -2.38. The van der Waals surface area contributed by atoms with Crippen molar-refractivity contribution in [2.75, 3.05) is 39.2 Å². The van der Waals surface area contributed by atoms with Crippen molar-refractivity contribution >= 4 is 17.0 Å². The molecule has 1 saturated heterocycles. The highest BCUT2D eigenvalue weighted by atomic mass is 32.2. The minimum absolute atomic E-state index is 0.0139. The average molecular weight is 465 g/mol. The van der Waals surface area contributed by atoms with Crippen molar-refractivity contribution in [3.05, 3.63) is 70.0 Å². The van der Waals surface area contributed by atoms with Crippen molar-refractivity contribution in [2.45, 2.75) is 12.3 Å². The van der Waals surface area contributed by atoms with Crippen LogP contribution >= 0.6 is 11.8 Å². The molecule has 0 bridgehead atoms. The first-order valence-electron chi connectivity index (χ1n) is 10.2. The van der Waals surface area contributed by atoms with E-state index in [1.807, 2.05) is 18.2 Å². The highest BCUT2D eigenvalue weighted by Crippen LogP contribution is 2.35. The first-order valence-corrected chi connectivity index (χ1v) is 11.2. The number of hydrogen-bond acceptors (Lipinski definition) is 7. The SMILES string of the molecule is COc1cccc(OC[C@@H]2CN(C(=O)SCCO[N+](=O)[O-])CC[C@H]2c2ccc(F)cc2)c1. The molecule has 1 aliphatic heterocycles. The zero-order chi connectivity index (χ0) is 22.9. The molecule has 0 spiro atoms. The number of nitrogens with zero attached hydrogens (tertiary/aromatic N) is 2. The number of piperidine rings is 1. The van der Waals surface area contributed by atoms with Crippen LogP contribution in [0.15, 0.2) is 48.5 Å². The third-order valence-electron chi connectivity index (χ3n) is 5.30. The van der Waals surface area contributed by atoms with Gasteiger partial charge in [0.1, 0.15) is 23.9 Å². The maximum atomic E-state index is 13.4. The number of carbonyl (C=O) groups excluding carboxylic acids is 1. The van der Waals surface area contributed by atoms with Crippen LogP contribution in [-0.4, -0.2) is 54.4 Å². The molecule has 1 aliphatic rings. The second-order valence-electron chi connectivity index (χ2n) is 7.31. The van der Waals surface area contributed by atoms with Gasteiger partial charge in [-0.3, -0.25) is 4.79 Å². The van der Waals surface area contributed by atoms with Crippen LogP contribution in [0.1, 0.15) is 17.9 Å². The summed E-state index contributed by atoms with van der Waals surface area (Å²) in [4.78, 5) is 28.8. The molecular weight excluding hydrogens is 439 g/mol. The van der Waals surface area contributed by atoms with E-state index < -0.39 is 5.09 Å². The molecule has 0 saturated carbocycles. The Bertz CT molecular complexity index is 914. The van der Waals surface area contributed by atoms with Crippen LogP contribution < -0.4 is 9.47 Å². The molecule has 0 N–H and O–H groups in total. The molecule has 2 aromatic carbocycles. The minimum Gasteiger partial charge on any atom is -0.497 e. The summed E-state index contributed by atoms with van der Waals surface area (Å²) in [5, 5.41) is 9.22. The second kappa shape index (κ2) is 11.6. The topological polar surface area (TPSA) is 91.1 Å². The first-order chi connectivity index (χ1) is 15.5. The number of thioether (sulfide) groups is 1. The number of halogens is 1. The molecule has 2 aromatic rings. The lowest BCUT2D eigenvalue weighted by atomic mass is 9.81. The molecule has 3 rings (SSSR count). The van der Waals surface area contributed by atoms with Gasteiger partial charge in [0, 0.05) is 30.8 Å². The van der Waals surface area contributed by atoms with Gasteiger partial charge in [-0.2, -0.15) is 0 Å². The van der Waals surface area contributed by atoms with E-state index in [0.717, 1.165) is 17.3 Å². The van der Waals surface area contributed by atoms with E-state index in [2.05, 4.69) is 4.84 Å². The zero-order valence-electron chi connectivity index (χ0n) is 17.6. The molecule has 32 heavy (non-hydrogen) atoms. The number of carbonyl (C=O) groups is 1. The molecule has 0 aromatic heterocycles. The van der Waals surface area contributed by atoms with Crippen LogP contribution in [0.2, 0.25) is 0 Å². The third-order valence-corrected chi connectivity index (χ3v) is 6.18. The molecule has 0 unspecified atom stereocenters. The van der Waals surface area contributed by atoms with Gasteiger partial charge in [-0.05, 0) is 42.2 Å². The Morgan fingerprint density at radius 3 is 2.72 bits per heavy atom. The third kappa shape index (κ3) is 6.74. The molecule has 0 aliphatic carbocycles. The van der Waals surface area contributed by atoms with Crippen molar-refractivity contribution in [1.82, 2.24) is 4.90 Å². The van der Waals surface area contributed by atoms with Crippen molar-refractivity contribution < 1.29 is 28.6 Å². The van der Waals surface area contributed by atoms with Gasteiger partial charge in [0.25, 0.3) is 10.3 Å². The number of ether oxygens (including phenoxy) is 2. The Hall–Kier alpha value is -3.01. The maximum absolute atomic E-state index is 13.4. The van der Waals surface area contributed by atoms with Gasteiger partial charge in [0.15, 0.2) is 0 Å². The molecule has 0 radical (unpaired) electrons. The minimum atomic E-state index is -0.870.